The van der Waals surface area contributed by atoms with Gasteiger partial charge < -0.3 is 15.9 Å². The Labute approximate surface area is 106 Å². The van der Waals surface area contributed by atoms with E-state index in [9.17, 15) is 10.2 Å². The van der Waals surface area contributed by atoms with Gasteiger partial charge >= 0.3 is 0 Å². The first-order valence-electron chi connectivity index (χ1n) is 6.34. The molecule has 3 heteroatoms. The van der Waals surface area contributed by atoms with Crippen molar-refractivity contribution in [2.45, 2.75) is 31.2 Å². The van der Waals surface area contributed by atoms with Crippen molar-refractivity contribution in [3.05, 3.63) is 35.9 Å². The summed E-state index contributed by atoms with van der Waals surface area (Å²) in [5, 5.41) is 21.7. The fraction of sp³-hybridized carbons (Fsp3) is 0.333. The highest BCUT2D eigenvalue weighted by Gasteiger charge is 2.34. The third-order valence-corrected chi connectivity index (χ3v) is 3.98. The van der Waals surface area contributed by atoms with E-state index in [1.54, 1.807) is 18.2 Å². The first-order chi connectivity index (χ1) is 8.60. The Morgan fingerprint density at radius 3 is 2.39 bits per heavy atom. The molecule has 4 N–H and O–H groups in total. The van der Waals surface area contributed by atoms with Crippen LogP contribution in [0.5, 0.6) is 11.5 Å². The maximum absolute atomic E-state index is 10.2. The molecule has 1 aliphatic carbocycles. The highest BCUT2D eigenvalue weighted by Crippen LogP contribution is 2.44. The van der Waals surface area contributed by atoms with Crippen molar-refractivity contribution in [2.75, 3.05) is 0 Å². The van der Waals surface area contributed by atoms with Crippen LogP contribution in [0.1, 0.15) is 31.2 Å². The molecule has 1 aliphatic rings. The lowest BCUT2D eigenvalue weighted by atomic mass is 9.85. The maximum Gasteiger partial charge on any atom is 0.121 e. The van der Waals surface area contributed by atoms with Gasteiger partial charge in [-0.3, -0.25) is 0 Å². The third kappa shape index (κ3) is 1.63. The van der Waals surface area contributed by atoms with Crippen LogP contribution in [0.25, 0.3) is 10.8 Å². The van der Waals surface area contributed by atoms with Crippen molar-refractivity contribution in [1.29, 1.82) is 0 Å². The highest BCUT2D eigenvalue weighted by molar-refractivity contribution is 5.90. The molecule has 0 bridgehead atoms. The molecule has 0 saturated heterocycles. The lowest BCUT2D eigenvalue weighted by molar-refractivity contribution is 0.413. The Morgan fingerprint density at radius 1 is 1.00 bits per heavy atom. The Morgan fingerprint density at radius 2 is 1.67 bits per heavy atom. The van der Waals surface area contributed by atoms with Crippen molar-refractivity contribution in [2.24, 2.45) is 5.73 Å². The Hall–Kier alpha value is -1.74. The molecular formula is C15H17NO2. The molecular weight excluding hydrogens is 226 g/mol. The maximum atomic E-state index is 10.2. The van der Waals surface area contributed by atoms with Crippen molar-refractivity contribution < 1.29 is 10.2 Å². The smallest absolute Gasteiger partial charge is 0.121 e. The van der Waals surface area contributed by atoms with Crippen LogP contribution in [0.3, 0.4) is 0 Å². The second-order valence-electron chi connectivity index (χ2n) is 5.23. The normalized spacial score (nSPS) is 18.3. The number of rotatable bonds is 1. The zero-order valence-corrected chi connectivity index (χ0v) is 10.2. The van der Waals surface area contributed by atoms with Crippen LogP contribution in [-0.4, -0.2) is 10.2 Å². The summed E-state index contributed by atoms with van der Waals surface area (Å²) in [7, 11) is 0. The summed E-state index contributed by atoms with van der Waals surface area (Å²) in [5.41, 5.74) is 6.78. The molecule has 0 heterocycles. The van der Waals surface area contributed by atoms with Gasteiger partial charge in [-0.25, -0.2) is 0 Å². The van der Waals surface area contributed by atoms with Gasteiger partial charge in [0.25, 0.3) is 0 Å². The monoisotopic (exact) mass is 243 g/mol. The number of fused-ring (bicyclic) bond motifs is 1. The van der Waals surface area contributed by atoms with E-state index in [0.29, 0.717) is 0 Å². The van der Waals surface area contributed by atoms with Gasteiger partial charge in [-0.2, -0.15) is 0 Å². The Balaban J connectivity index is 2.32. The molecule has 3 nitrogen and oxygen atoms in total. The quantitative estimate of drug-likeness (QED) is 0.721. The summed E-state index contributed by atoms with van der Waals surface area (Å²) in [4.78, 5) is 0. The second-order valence-corrected chi connectivity index (χ2v) is 5.23. The summed E-state index contributed by atoms with van der Waals surface area (Å²) in [6, 6.07) is 8.75. The molecule has 0 radical (unpaired) electrons. The van der Waals surface area contributed by atoms with Crippen molar-refractivity contribution >= 4 is 10.8 Å². The van der Waals surface area contributed by atoms with Crippen LogP contribution in [0.2, 0.25) is 0 Å². The summed E-state index contributed by atoms with van der Waals surface area (Å²) < 4.78 is 0. The zero-order valence-electron chi connectivity index (χ0n) is 10.2. The predicted molar refractivity (Wildman–Crippen MR) is 71.6 cm³/mol. The first-order valence-corrected chi connectivity index (χ1v) is 6.34. The molecule has 0 spiro atoms. The van der Waals surface area contributed by atoms with Crippen LogP contribution < -0.4 is 5.73 Å². The average molecular weight is 243 g/mol. The van der Waals surface area contributed by atoms with Gasteiger partial charge in [0.15, 0.2) is 0 Å². The molecule has 2 aromatic carbocycles. The van der Waals surface area contributed by atoms with E-state index >= 15 is 0 Å². The Kier molecular flexibility index (Phi) is 2.45. The van der Waals surface area contributed by atoms with Crippen molar-refractivity contribution in [1.82, 2.24) is 0 Å². The largest absolute Gasteiger partial charge is 0.508 e. The average Bonchev–Trinajstić information content (AvgIpc) is 2.76. The van der Waals surface area contributed by atoms with E-state index in [1.807, 2.05) is 12.1 Å². The van der Waals surface area contributed by atoms with Crippen LogP contribution in [-0.2, 0) is 5.54 Å². The number of aromatic hydroxyl groups is 2. The summed E-state index contributed by atoms with van der Waals surface area (Å²) in [6.07, 6.45) is 3.95. The molecule has 2 aromatic rings. The van der Waals surface area contributed by atoms with E-state index < -0.39 is 5.54 Å². The van der Waals surface area contributed by atoms with Crippen LogP contribution >= 0.6 is 0 Å². The summed E-state index contributed by atoms with van der Waals surface area (Å²) in [5.74, 6) is 0.438. The van der Waals surface area contributed by atoms with Gasteiger partial charge in [0.05, 0.1) is 0 Å². The molecule has 0 amide bonds. The fourth-order valence-electron chi connectivity index (χ4n) is 3.08. The third-order valence-electron chi connectivity index (χ3n) is 3.98. The van der Waals surface area contributed by atoms with E-state index in [1.165, 1.54) is 0 Å². The van der Waals surface area contributed by atoms with Gasteiger partial charge in [-0.05, 0) is 41.8 Å². The molecule has 1 saturated carbocycles. The number of phenolic OH excluding ortho intramolecular Hbond substituents is 2. The van der Waals surface area contributed by atoms with Gasteiger partial charge in [0.1, 0.15) is 11.5 Å². The number of phenols is 2. The number of hydrogen-bond acceptors (Lipinski definition) is 3. The summed E-state index contributed by atoms with van der Waals surface area (Å²) in [6.45, 7) is 0. The van der Waals surface area contributed by atoms with E-state index in [-0.39, 0.29) is 11.5 Å². The van der Waals surface area contributed by atoms with Crippen molar-refractivity contribution in [3.8, 4) is 11.5 Å². The number of nitrogens with two attached hydrogens (primary N) is 1. The minimum atomic E-state index is -0.461. The Bertz CT molecular complexity index is 595. The van der Waals surface area contributed by atoms with Gasteiger partial charge in [0.2, 0.25) is 0 Å². The zero-order chi connectivity index (χ0) is 12.8. The van der Waals surface area contributed by atoms with Crippen LogP contribution in [0.4, 0.5) is 0 Å². The molecule has 18 heavy (non-hydrogen) atoms. The minimum absolute atomic E-state index is 0.205. The summed E-state index contributed by atoms with van der Waals surface area (Å²) >= 11 is 0. The number of benzene rings is 2. The lowest BCUT2D eigenvalue weighted by Crippen LogP contribution is -2.33. The number of hydrogen-bond donors (Lipinski definition) is 3. The van der Waals surface area contributed by atoms with Crippen LogP contribution in [0.15, 0.2) is 30.3 Å². The van der Waals surface area contributed by atoms with E-state index in [2.05, 4.69) is 0 Å². The minimum Gasteiger partial charge on any atom is -0.508 e. The van der Waals surface area contributed by atoms with Crippen LogP contribution in [0, 0.1) is 0 Å². The van der Waals surface area contributed by atoms with Gasteiger partial charge in [-0.15, -0.1) is 0 Å². The molecule has 0 atom stereocenters. The van der Waals surface area contributed by atoms with Crippen molar-refractivity contribution in [3.63, 3.8) is 0 Å². The lowest BCUT2D eigenvalue weighted by Gasteiger charge is -2.26. The first kappa shape index (κ1) is 11.4. The molecule has 0 aliphatic heterocycles. The second kappa shape index (κ2) is 3.89. The molecule has 0 unspecified atom stereocenters. The SMILES string of the molecule is NC1(c2c(O)ccc3ccc(O)cc23)CCCC1. The molecule has 0 aromatic heterocycles. The topological polar surface area (TPSA) is 66.5 Å². The van der Waals surface area contributed by atoms with E-state index in [0.717, 1.165) is 42.0 Å². The van der Waals surface area contributed by atoms with Gasteiger partial charge in [0, 0.05) is 11.1 Å². The predicted octanol–water partition coefficient (Wildman–Crippen LogP) is 2.98. The van der Waals surface area contributed by atoms with E-state index in [4.69, 9.17) is 5.73 Å². The molecule has 3 rings (SSSR count). The molecule has 1 fully saturated rings. The van der Waals surface area contributed by atoms with Gasteiger partial charge in [-0.1, -0.05) is 25.0 Å². The standard InChI is InChI=1S/C15H17NO2/c16-15(7-1-2-8-15)14-12-9-11(17)5-3-10(12)4-6-13(14)18/h3-6,9,17-18H,1-2,7-8,16H2. The fourth-order valence-corrected chi connectivity index (χ4v) is 3.08. The highest BCUT2D eigenvalue weighted by atomic mass is 16.3. The molecule has 94 valence electrons.